The van der Waals surface area contributed by atoms with Gasteiger partial charge in [-0.3, -0.25) is 4.79 Å². The predicted molar refractivity (Wildman–Crippen MR) is 141 cm³/mol. The zero-order valence-electron chi connectivity index (χ0n) is 21.0. The number of ether oxygens (including phenoxy) is 5. The molecule has 6 nitrogen and oxygen atoms in total. The number of halogens is 1. The van der Waals surface area contributed by atoms with Crippen LogP contribution in [0.15, 0.2) is 61.7 Å². The molecular weight excluding hydrogens is 480 g/mol. The summed E-state index contributed by atoms with van der Waals surface area (Å²) in [5, 5.41) is 0.602. The van der Waals surface area contributed by atoms with Crippen LogP contribution in [0.1, 0.15) is 49.5 Å². The minimum absolute atomic E-state index is 0.245. The van der Waals surface area contributed by atoms with Gasteiger partial charge in [0.05, 0.1) is 32.0 Å². The Bertz CT molecular complexity index is 1020. The number of carbonyl (C=O) groups is 1. The van der Waals surface area contributed by atoms with Crippen molar-refractivity contribution in [3.05, 3.63) is 83.4 Å². The Morgan fingerprint density at radius 1 is 1.11 bits per heavy atom. The molecule has 0 saturated carbocycles. The Hall–Kier alpha value is -2.80. The van der Waals surface area contributed by atoms with Gasteiger partial charge in [0.15, 0.2) is 0 Å². The molecule has 0 bridgehead atoms. The third-order valence-corrected chi connectivity index (χ3v) is 6.09. The maximum atomic E-state index is 11.7. The Morgan fingerprint density at radius 2 is 1.86 bits per heavy atom. The van der Waals surface area contributed by atoms with Crippen molar-refractivity contribution in [2.75, 3.05) is 26.4 Å². The molecule has 194 valence electrons. The van der Waals surface area contributed by atoms with E-state index in [0.717, 1.165) is 22.4 Å². The summed E-state index contributed by atoms with van der Waals surface area (Å²) in [5.74, 6) is 1.13. The highest BCUT2D eigenvalue weighted by Crippen LogP contribution is 2.40. The van der Waals surface area contributed by atoms with E-state index < -0.39 is 0 Å². The standard InChI is InChI=1S/C29H35ClO6/c1-5-12-32-19-25-16-24(35-20(4)31)17-29(36-25)26-15-22(27(30)18-28(26)34-13-6-2)14-21-8-10-23(11-9-21)33-7-3/h5-6,8-11,15,18,24-25,29H,1-2,7,12-14,16-17,19H2,3-4H3. The van der Waals surface area contributed by atoms with Crippen LogP contribution in [0, 0.1) is 0 Å². The summed E-state index contributed by atoms with van der Waals surface area (Å²) in [4.78, 5) is 11.7. The lowest BCUT2D eigenvalue weighted by molar-refractivity contribution is -0.164. The van der Waals surface area contributed by atoms with Crippen LogP contribution in [0.25, 0.3) is 0 Å². The molecule has 0 radical (unpaired) electrons. The number of carbonyl (C=O) groups excluding carboxylic acids is 1. The van der Waals surface area contributed by atoms with Crippen molar-refractivity contribution in [3.8, 4) is 11.5 Å². The number of hydrogen-bond acceptors (Lipinski definition) is 6. The van der Waals surface area contributed by atoms with E-state index in [1.165, 1.54) is 6.92 Å². The van der Waals surface area contributed by atoms with Crippen LogP contribution in [-0.2, 0) is 25.4 Å². The van der Waals surface area contributed by atoms with Crippen LogP contribution in [0.3, 0.4) is 0 Å². The van der Waals surface area contributed by atoms with Crippen molar-refractivity contribution in [1.29, 1.82) is 0 Å². The van der Waals surface area contributed by atoms with Gasteiger partial charge in [-0.1, -0.05) is 42.5 Å². The summed E-state index contributed by atoms with van der Waals surface area (Å²) in [7, 11) is 0. The van der Waals surface area contributed by atoms with E-state index in [2.05, 4.69) is 13.2 Å². The summed E-state index contributed by atoms with van der Waals surface area (Å²) < 4.78 is 29.2. The lowest BCUT2D eigenvalue weighted by Crippen LogP contribution is -2.36. The molecule has 3 rings (SSSR count). The Morgan fingerprint density at radius 3 is 2.53 bits per heavy atom. The second-order valence-corrected chi connectivity index (χ2v) is 9.02. The number of esters is 1. The highest BCUT2D eigenvalue weighted by atomic mass is 35.5. The Balaban J connectivity index is 1.91. The van der Waals surface area contributed by atoms with Crippen LogP contribution in [-0.4, -0.2) is 44.6 Å². The first-order chi connectivity index (χ1) is 17.4. The van der Waals surface area contributed by atoms with E-state index in [0.29, 0.717) is 56.5 Å². The molecule has 1 saturated heterocycles. The molecule has 3 atom stereocenters. The topological polar surface area (TPSA) is 63.2 Å². The molecule has 0 amide bonds. The van der Waals surface area contributed by atoms with Gasteiger partial charge >= 0.3 is 5.97 Å². The first-order valence-electron chi connectivity index (χ1n) is 12.2. The quantitative estimate of drug-likeness (QED) is 0.179. The molecule has 0 aliphatic carbocycles. The first kappa shape index (κ1) is 27.8. The van der Waals surface area contributed by atoms with Crippen LogP contribution < -0.4 is 9.47 Å². The average Bonchev–Trinajstić information content (AvgIpc) is 2.85. The van der Waals surface area contributed by atoms with Crippen LogP contribution in [0.4, 0.5) is 0 Å². The highest BCUT2D eigenvalue weighted by Gasteiger charge is 2.34. The third-order valence-electron chi connectivity index (χ3n) is 5.74. The molecule has 3 unspecified atom stereocenters. The van der Waals surface area contributed by atoms with Crippen molar-refractivity contribution in [2.45, 2.75) is 51.4 Å². The summed E-state index contributed by atoms with van der Waals surface area (Å²) >= 11 is 6.69. The van der Waals surface area contributed by atoms with Gasteiger partial charge in [-0.05, 0) is 48.7 Å². The monoisotopic (exact) mass is 514 g/mol. The van der Waals surface area contributed by atoms with E-state index in [1.807, 2.05) is 43.3 Å². The molecule has 2 aromatic carbocycles. The molecule has 2 aromatic rings. The molecule has 1 heterocycles. The molecular formula is C29H35ClO6. The smallest absolute Gasteiger partial charge is 0.302 e. The van der Waals surface area contributed by atoms with Gasteiger partial charge in [0.2, 0.25) is 0 Å². The van der Waals surface area contributed by atoms with Gasteiger partial charge in [0.25, 0.3) is 0 Å². The maximum Gasteiger partial charge on any atom is 0.302 e. The second-order valence-electron chi connectivity index (χ2n) is 8.61. The highest BCUT2D eigenvalue weighted by molar-refractivity contribution is 6.31. The molecule has 1 aliphatic heterocycles. The fourth-order valence-corrected chi connectivity index (χ4v) is 4.48. The van der Waals surface area contributed by atoms with Gasteiger partial charge in [0, 0.05) is 30.4 Å². The van der Waals surface area contributed by atoms with E-state index in [9.17, 15) is 4.79 Å². The van der Waals surface area contributed by atoms with Crippen LogP contribution >= 0.6 is 11.6 Å². The zero-order chi connectivity index (χ0) is 25.9. The van der Waals surface area contributed by atoms with Crippen LogP contribution in [0.5, 0.6) is 11.5 Å². The number of hydrogen-bond donors (Lipinski definition) is 0. The molecule has 0 spiro atoms. The molecule has 1 fully saturated rings. The molecule has 0 aromatic heterocycles. The fourth-order valence-electron chi connectivity index (χ4n) is 4.26. The lowest BCUT2D eigenvalue weighted by atomic mass is 9.93. The van der Waals surface area contributed by atoms with Crippen molar-refractivity contribution in [3.63, 3.8) is 0 Å². The van der Waals surface area contributed by atoms with E-state index >= 15 is 0 Å². The molecule has 0 N–H and O–H groups in total. The van der Waals surface area contributed by atoms with Crippen molar-refractivity contribution < 1.29 is 28.5 Å². The SMILES string of the molecule is C=CCOCC1CC(OC(C)=O)CC(c2cc(Cc3ccc(OCC)cc3)c(Cl)cc2OCC=C)O1. The fraction of sp³-hybridized carbons (Fsp3) is 0.414. The predicted octanol–water partition coefficient (Wildman–Crippen LogP) is 6.25. The Labute approximate surface area is 218 Å². The minimum atomic E-state index is -0.364. The third kappa shape index (κ3) is 8.12. The van der Waals surface area contributed by atoms with Gasteiger partial charge in [0.1, 0.15) is 24.2 Å². The maximum absolute atomic E-state index is 11.7. The normalized spacial score (nSPS) is 19.4. The van der Waals surface area contributed by atoms with E-state index in [4.69, 9.17) is 35.3 Å². The van der Waals surface area contributed by atoms with Gasteiger partial charge in [-0.2, -0.15) is 0 Å². The van der Waals surface area contributed by atoms with Crippen LogP contribution in [0.2, 0.25) is 5.02 Å². The van der Waals surface area contributed by atoms with Gasteiger partial charge in [-0.25, -0.2) is 0 Å². The molecule has 1 aliphatic rings. The summed E-state index contributed by atoms with van der Waals surface area (Å²) in [5.41, 5.74) is 2.90. The summed E-state index contributed by atoms with van der Waals surface area (Å²) in [6.07, 6.45) is 4.16. The second kappa shape index (κ2) is 14.1. The van der Waals surface area contributed by atoms with Crippen molar-refractivity contribution in [1.82, 2.24) is 0 Å². The largest absolute Gasteiger partial charge is 0.494 e. The van der Waals surface area contributed by atoms with Gasteiger partial charge in [-0.15, -0.1) is 6.58 Å². The van der Waals surface area contributed by atoms with E-state index in [1.54, 1.807) is 12.2 Å². The van der Waals surface area contributed by atoms with Gasteiger partial charge < -0.3 is 23.7 Å². The summed E-state index contributed by atoms with van der Waals surface area (Å²) in [6.45, 7) is 12.6. The lowest BCUT2D eigenvalue weighted by Gasteiger charge is -2.35. The Kier molecular flexibility index (Phi) is 10.9. The minimum Gasteiger partial charge on any atom is -0.494 e. The molecule has 36 heavy (non-hydrogen) atoms. The number of benzene rings is 2. The first-order valence-corrected chi connectivity index (χ1v) is 12.6. The van der Waals surface area contributed by atoms with Crippen molar-refractivity contribution >= 4 is 17.6 Å². The number of rotatable bonds is 13. The summed E-state index contributed by atoms with van der Waals surface area (Å²) in [6, 6.07) is 11.8. The zero-order valence-corrected chi connectivity index (χ0v) is 21.8. The molecule has 7 heteroatoms. The average molecular weight is 515 g/mol. The van der Waals surface area contributed by atoms with E-state index in [-0.39, 0.29) is 24.3 Å². The van der Waals surface area contributed by atoms with Crippen molar-refractivity contribution in [2.24, 2.45) is 0 Å².